The molecule has 2 heterocycles. The third-order valence-corrected chi connectivity index (χ3v) is 6.68. The molecule has 0 N–H and O–H groups in total. The van der Waals surface area contributed by atoms with E-state index in [1.807, 2.05) is 0 Å². The van der Waals surface area contributed by atoms with Gasteiger partial charge in [0.25, 0.3) is 11.8 Å². The van der Waals surface area contributed by atoms with Crippen molar-refractivity contribution < 1.29 is 14.3 Å². The quantitative estimate of drug-likeness (QED) is 0.286. The van der Waals surface area contributed by atoms with E-state index in [9.17, 15) is 9.59 Å². The average Bonchev–Trinajstić information content (AvgIpc) is 3.15. The minimum atomic E-state index is -0.651. The number of anilines is 1. The molecule has 1 aliphatic heterocycles. The summed E-state index contributed by atoms with van der Waals surface area (Å²) in [6, 6.07) is 5.24. The Balaban J connectivity index is 1.89. The van der Waals surface area contributed by atoms with Crippen LogP contribution in [0, 0.1) is 0 Å². The van der Waals surface area contributed by atoms with Crippen LogP contribution in [-0.2, 0) is 0 Å². The Hall–Kier alpha value is -1.57. The fourth-order valence-corrected chi connectivity index (χ4v) is 4.64. The van der Waals surface area contributed by atoms with Crippen LogP contribution in [-0.4, -0.2) is 23.9 Å². The van der Waals surface area contributed by atoms with Crippen molar-refractivity contribution in [3.8, 4) is 5.75 Å². The number of benzene rings is 2. The van der Waals surface area contributed by atoms with Gasteiger partial charge < -0.3 is 4.74 Å². The number of halogens is 4. The molecule has 0 bridgehead atoms. The van der Waals surface area contributed by atoms with Crippen molar-refractivity contribution in [3.05, 3.63) is 49.4 Å². The lowest BCUT2D eigenvalue weighted by molar-refractivity contribution is 0.0926. The first-order valence-electron chi connectivity index (χ1n) is 7.04. The number of rotatable bonds is 2. The number of hydrogen-bond acceptors (Lipinski definition) is 5. The van der Waals surface area contributed by atoms with Crippen molar-refractivity contribution >= 4 is 84.9 Å². The number of imide groups is 1. The molecule has 3 aromatic rings. The van der Waals surface area contributed by atoms with Gasteiger partial charge in [-0.05, 0) is 18.2 Å². The van der Waals surface area contributed by atoms with Gasteiger partial charge in [-0.2, -0.15) is 0 Å². The minimum Gasteiger partial charge on any atom is -0.497 e. The Morgan fingerprint density at radius 1 is 0.962 bits per heavy atom. The number of carbonyl (C=O) groups is 2. The van der Waals surface area contributed by atoms with Crippen LogP contribution in [0.3, 0.4) is 0 Å². The lowest BCUT2D eigenvalue weighted by Gasteiger charge is -2.08. The van der Waals surface area contributed by atoms with Crippen molar-refractivity contribution in [1.82, 2.24) is 4.98 Å². The van der Waals surface area contributed by atoms with Gasteiger partial charge in [-0.1, -0.05) is 57.7 Å². The number of fused-ring (bicyclic) bond motifs is 2. The molecule has 10 heteroatoms. The maximum atomic E-state index is 12.8. The zero-order valence-corrected chi connectivity index (χ0v) is 16.6. The van der Waals surface area contributed by atoms with E-state index in [-0.39, 0.29) is 36.3 Å². The van der Waals surface area contributed by atoms with E-state index in [0.29, 0.717) is 11.3 Å². The van der Waals surface area contributed by atoms with Gasteiger partial charge in [0, 0.05) is 0 Å². The summed E-state index contributed by atoms with van der Waals surface area (Å²) in [4.78, 5) is 31.0. The summed E-state index contributed by atoms with van der Waals surface area (Å²) in [6.45, 7) is 0. The van der Waals surface area contributed by atoms with Crippen LogP contribution in [0.4, 0.5) is 5.13 Å². The molecule has 0 saturated heterocycles. The van der Waals surface area contributed by atoms with Crippen LogP contribution in [0.15, 0.2) is 18.2 Å². The number of nitrogens with zero attached hydrogens (tertiary/aromatic N) is 2. The van der Waals surface area contributed by atoms with Crippen LogP contribution >= 0.6 is 57.7 Å². The molecular weight excluding hydrogens is 442 g/mol. The van der Waals surface area contributed by atoms with Gasteiger partial charge in [-0.3, -0.25) is 9.59 Å². The number of carbonyl (C=O) groups excluding carboxylic acids is 2. The van der Waals surface area contributed by atoms with Gasteiger partial charge in [0.1, 0.15) is 5.75 Å². The van der Waals surface area contributed by atoms with Crippen LogP contribution in [0.1, 0.15) is 20.7 Å². The van der Waals surface area contributed by atoms with Crippen LogP contribution < -0.4 is 9.64 Å². The second-order valence-corrected chi connectivity index (χ2v) is 7.80. The zero-order chi connectivity index (χ0) is 18.7. The molecule has 5 nitrogen and oxygen atoms in total. The highest BCUT2D eigenvalue weighted by molar-refractivity contribution is 7.22. The van der Waals surface area contributed by atoms with Crippen LogP contribution in [0.25, 0.3) is 10.2 Å². The molecule has 2 amide bonds. The second kappa shape index (κ2) is 6.25. The zero-order valence-electron chi connectivity index (χ0n) is 12.8. The molecule has 0 fully saturated rings. The van der Waals surface area contributed by atoms with Gasteiger partial charge in [0.05, 0.1) is 48.5 Å². The summed E-state index contributed by atoms with van der Waals surface area (Å²) in [5.41, 5.74) is 0.469. The summed E-state index contributed by atoms with van der Waals surface area (Å²) < 4.78 is 5.93. The SMILES string of the molecule is COc1ccc2nc(N3C(=O)c4c(Cl)c(Cl)c(Cl)c(Cl)c4C3=O)sc2c1. The molecule has 0 unspecified atom stereocenters. The molecule has 1 aromatic heterocycles. The smallest absolute Gasteiger partial charge is 0.269 e. The maximum absolute atomic E-state index is 12.8. The number of aromatic nitrogens is 1. The highest BCUT2D eigenvalue weighted by Gasteiger charge is 2.43. The number of methoxy groups -OCH3 is 1. The van der Waals surface area contributed by atoms with E-state index in [4.69, 9.17) is 51.1 Å². The summed E-state index contributed by atoms with van der Waals surface area (Å²) in [5, 5.41) is -0.179. The van der Waals surface area contributed by atoms with Crippen molar-refractivity contribution in [1.29, 1.82) is 0 Å². The van der Waals surface area contributed by atoms with E-state index in [1.165, 1.54) is 0 Å². The Morgan fingerprint density at radius 3 is 2.08 bits per heavy atom. The van der Waals surface area contributed by atoms with Crippen LogP contribution in [0.2, 0.25) is 20.1 Å². The normalized spacial score (nSPS) is 13.7. The van der Waals surface area contributed by atoms with Gasteiger partial charge in [-0.15, -0.1) is 0 Å². The molecule has 0 radical (unpaired) electrons. The third-order valence-electron chi connectivity index (χ3n) is 3.88. The second-order valence-electron chi connectivity index (χ2n) is 5.28. The van der Waals surface area contributed by atoms with E-state index in [1.54, 1.807) is 25.3 Å². The fraction of sp³-hybridized carbons (Fsp3) is 0.0625. The van der Waals surface area contributed by atoms with Gasteiger partial charge in [0.15, 0.2) is 0 Å². The molecule has 0 saturated carbocycles. The topological polar surface area (TPSA) is 59.5 Å². The predicted molar refractivity (Wildman–Crippen MR) is 104 cm³/mol. The van der Waals surface area contributed by atoms with Gasteiger partial charge in [-0.25, -0.2) is 9.88 Å². The highest BCUT2D eigenvalue weighted by atomic mass is 35.5. The van der Waals surface area contributed by atoms with E-state index in [0.717, 1.165) is 20.9 Å². The molecule has 26 heavy (non-hydrogen) atoms. The summed E-state index contributed by atoms with van der Waals surface area (Å²) >= 11 is 25.5. The first-order valence-corrected chi connectivity index (χ1v) is 9.37. The van der Waals surface area contributed by atoms with E-state index < -0.39 is 11.8 Å². The van der Waals surface area contributed by atoms with Crippen molar-refractivity contribution in [2.45, 2.75) is 0 Å². The van der Waals surface area contributed by atoms with Crippen molar-refractivity contribution in [2.75, 3.05) is 12.0 Å². The Kier molecular flexibility index (Phi) is 4.28. The summed E-state index contributed by atoms with van der Waals surface area (Å²) in [6.07, 6.45) is 0. The Morgan fingerprint density at radius 2 is 1.54 bits per heavy atom. The summed E-state index contributed by atoms with van der Waals surface area (Å²) in [7, 11) is 1.55. The fourth-order valence-electron chi connectivity index (χ4n) is 2.64. The maximum Gasteiger partial charge on any atom is 0.269 e. The molecule has 132 valence electrons. The predicted octanol–water partition coefficient (Wildman–Crippen LogP) is 5.72. The monoisotopic (exact) mass is 446 g/mol. The van der Waals surface area contributed by atoms with E-state index >= 15 is 0 Å². The minimum absolute atomic E-state index is 0.0749. The van der Waals surface area contributed by atoms with Crippen molar-refractivity contribution in [3.63, 3.8) is 0 Å². The molecule has 0 atom stereocenters. The largest absolute Gasteiger partial charge is 0.497 e. The third kappa shape index (κ3) is 2.41. The molecule has 0 spiro atoms. The van der Waals surface area contributed by atoms with Gasteiger partial charge >= 0.3 is 0 Å². The highest BCUT2D eigenvalue weighted by Crippen LogP contribution is 2.46. The molecule has 2 aromatic carbocycles. The van der Waals surface area contributed by atoms with Crippen LogP contribution in [0.5, 0.6) is 5.75 Å². The average molecular weight is 448 g/mol. The summed E-state index contributed by atoms with van der Waals surface area (Å²) in [5.74, 6) is -0.664. The van der Waals surface area contributed by atoms with Gasteiger partial charge in [0.2, 0.25) is 5.13 Å². The molecule has 4 rings (SSSR count). The Labute approximate surface area is 171 Å². The number of ether oxygens (including phenoxy) is 1. The Bertz CT molecular complexity index is 1080. The molecular formula is C16H6Cl4N2O3S. The lowest BCUT2D eigenvalue weighted by atomic mass is 10.1. The van der Waals surface area contributed by atoms with Crippen molar-refractivity contribution in [2.24, 2.45) is 0 Å². The first kappa shape index (κ1) is 17.8. The van der Waals surface area contributed by atoms with E-state index in [2.05, 4.69) is 4.98 Å². The molecule has 1 aliphatic rings. The number of thiazole rings is 1. The lowest BCUT2D eigenvalue weighted by Crippen LogP contribution is -2.29. The number of hydrogen-bond donors (Lipinski definition) is 0. The first-order chi connectivity index (χ1) is 12.3. The number of amides is 2. The standard InChI is InChI=1S/C16H6Cl4N2O3S/c1-25-5-2-3-6-7(4-5)26-16(21-6)22-14(23)8-9(15(22)24)11(18)13(20)12(19)10(8)17/h2-4H,1H3. The molecule has 0 aliphatic carbocycles.